The lowest BCUT2D eigenvalue weighted by atomic mass is 10.2. The highest BCUT2D eigenvalue weighted by Gasteiger charge is 2.38. The van der Waals surface area contributed by atoms with Gasteiger partial charge in [0.05, 0.1) is 12.6 Å². The lowest BCUT2D eigenvalue weighted by Crippen LogP contribution is -2.54. The van der Waals surface area contributed by atoms with Crippen LogP contribution in [0, 0.1) is 0 Å². The van der Waals surface area contributed by atoms with Crippen molar-refractivity contribution in [3.8, 4) is 0 Å². The number of likely N-dealkylation sites (tertiary alicyclic amines) is 1. The number of likely N-dealkylation sites (N-methyl/N-ethyl adjacent to an activating group) is 1. The molecule has 2 fully saturated rings. The van der Waals surface area contributed by atoms with E-state index in [1.165, 1.54) is 0 Å². The van der Waals surface area contributed by atoms with Crippen molar-refractivity contribution < 1.29 is 14.0 Å². The Kier molecular flexibility index (Phi) is 6.65. The van der Waals surface area contributed by atoms with Crippen molar-refractivity contribution in [2.75, 3.05) is 59.4 Å². The molecule has 24 heavy (non-hydrogen) atoms. The maximum Gasteiger partial charge on any atom is 0.320 e. The summed E-state index contributed by atoms with van der Waals surface area (Å²) in [6.45, 7) is 8.52. The third-order valence-corrected chi connectivity index (χ3v) is 4.92. The van der Waals surface area contributed by atoms with E-state index in [-0.39, 0.29) is 31.1 Å². The summed E-state index contributed by atoms with van der Waals surface area (Å²) in [4.78, 5) is 32.0. The van der Waals surface area contributed by atoms with E-state index in [9.17, 15) is 14.0 Å². The molecule has 0 spiro atoms. The Hall–Kier alpha value is -1.57. The number of rotatable bonds is 4. The first kappa shape index (κ1) is 18.8. The summed E-state index contributed by atoms with van der Waals surface area (Å²) in [6, 6.07) is -0.536. The van der Waals surface area contributed by atoms with Gasteiger partial charge in [0.1, 0.15) is 6.17 Å². The first-order chi connectivity index (χ1) is 11.5. The highest BCUT2D eigenvalue weighted by atomic mass is 19.1. The van der Waals surface area contributed by atoms with Crippen molar-refractivity contribution in [2.24, 2.45) is 0 Å². The van der Waals surface area contributed by atoms with Gasteiger partial charge in [0.2, 0.25) is 0 Å². The van der Waals surface area contributed by atoms with Gasteiger partial charge in [-0.3, -0.25) is 0 Å². The Balaban J connectivity index is 1.91. The van der Waals surface area contributed by atoms with Gasteiger partial charge < -0.3 is 24.9 Å². The number of carbonyl (C=O) groups is 2. The maximum atomic E-state index is 13.9. The summed E-state index contributed by atoms with van der Waals surface area (Å²) in [5.74, 6) is 0. The number of hydrogen-bond donors (Lipinski definition) is 1. The fourth-order valence-corrected chi connectivity index (χ4v) is 3.29. The van der Waals surface area contributed by atoms with Crippen LogP contribution in [0.4, 0.5) is 14.0 Å². The fourth-order valence-electron chi connectivity index (χ4n) is 3.29. The summed E-state index contributed by atoms with van der Waals surface area (Å²) in [5, 5.41) is 2.84. The molecule has 0 unspecified atom stereocenters. The Morgan fingerprint density at radius 2 is 1.79 bits per heavy atom. The average molecular weight is 343 g/mol. The summed E-state index contributed by atoms with van der Waals surface area (Å²) < 4.78 is 13.9. The van der Waals surface area contributed by atoms with Crippen LogP contribution in [0.2, 0.25) is 0 Å². The number of halogens is 1. The van der Waals surface area contributed by atoms with Gasteiger partial charge in [-0.25, -0.2) is 14.0 Å². The van der Waals surface area contributed by atoms with Crippen molar-refractivity contribution >= 4 is 12.1 Å². The van der Waals surface area contributed by atoms with Crippen LogP contribution in [0.15, 0.2) is 0 Å². The largest absolute Gasteiger partial charge is 0.336 e. The molecule has 0 aromatic carbocycles. The van der Waals surface area contributed by atoms with E-state index < -0.39 is 6.17 Å². The van der Waals surface area contributed by atoms with Gasteiger partial charge in [0.15, 0.2) is 0 Å². The maximum absolute atomic E-state index is 13.9. The highest BCUT2D eigenvalue weighted by Crippen LogP contribution is 2.22. The van der Waals surface area contributed by atoms with Crippen LogP contribution in [0.5, 0.6) is 0 Å². The molecule has 2 aliphatic rings. The molecule has 2 aliphatic heterocycles. The molecule has 2 rings (SSSR count). The lowest BCUT2D eigenvalue weighted by Gasteiger charge is -2.36. The van der Waals surface area contributed by atoms with E-state index in [0.29, 0.717) is 32.7 Å². The summed E-state index contributed by atoms with van der Waals surface area (Å²) in [6.07, 6.45) is -0.727. The van der Waals surface area contributed by atoms with E-state index in [2.05, 4.69) is 10.2 Å². The van der Waals surface area contributed by atoms with Crippen LogP contribution < -0.4 is 5.32 Å². The topological polar surface area (TPSA) is 59.1 Å². The second-order valence-electron chi connectivity index (χ2n) is 6.57. The Morgan fingerprint density at radius 1 is 1.17 bits per heavy atom. The number of urea groups is 2. The summed E-state index contributed by atoms with van der Waals surface area (Å²) >= 11 is 0. The molecule has 8 heteroatoms. The molecule has 0 saturated carbocycles. The van der Waals surface area contributed by atoms with Crippen LogP contribution in [0.1, 0.15) is 20.3 Å². The standard InChI is InChI=1S/C16H30FN5O2/c1-4-20(5-2)15(23)18-11-14-10-13(17)12-22(14)16(24)21-8-6-19(3)7-9-21/h13-14H,4-12H2,1-3H3,(H,18,23)/t13-,14-/m0/s1. The van der Waals surface area contributed by atoms with Crippen molar-refractivity contribution in [3.63, 3.8) is 0 Å². The van der Waals surface area contributed by atoms with Gasteiger partial charge in [0.25, 0.3) is 0 Å². The number of piperazine rings is 1. The minimum atomic E-state index is -1.02. The average Bonchev–Trinajstić information content (AvgIpc) is 2.95. The third kappa shape index (κ3) is 4.49. The molecule has 7 nitrogen and oxygen atoms in total. The summed E-state index contributed by atoms with van der Waals surface area (Å²) in [5.41, 5.74) is 0. The van der Waals surface area contributed by atoms with Gasteiger partial charge >= 0.3 is 12.1 Å². The molecule has 2 heterocycles. The van der Waals surface area contributed by atoms with Crippen molar-refractivity contribution in [2.45, 2.75) is 32.5 Å². The van der Waals surface area contributed by atoms with Gasteiger partial charge in [-0.2, -0.15) is 0 Å². The molecule has 0 aliphatic carbocycles. The van der Waals surface area contributed by atoms with E-state index >= 15 is 0 Å². The molecule has 2 saturated heterocycles. The predicted molar refractivity (Wildman–Crippen MR) is 90.8 cm³/mol. The van der Waals surface area contributed by atoms with Crippen LogP contribution >= 0.6 is 0 Å². The van der Waals surface area contributed by atoms with Crippen molar-refractivity contribution in [3.05, 3.63) is 0 Å². The highest BCUT2D eigenvalue weighted by molar-refractivity contribution is 5.76. The number of carbonyl (C=O) groups excluding carboxylic acids is 2. The third-order valence-electron chi connectivity index (χ3n) is 4.92. The van der Waals surface area contributed by atoms with Gasteiger partial charge in [0, 0.05) is 52.2 Å². The zero-order chi connectivity index (χ0) is 17.7. The molecule has 0 aromatic rings. The molecule has 138 valence electrons. The fraction of sp³-hybridized carbons (Fsp3) is 0.875. The zero-order valence-electron chi connectivity index (χ0n) is 15.0. The van der Waals surface area contributed by atoms with Crippen LogP contribution in [0.25, 0.3) is 0 Å². The van der Waals surface area contributed by atoms with E-state index in [1.54, 1.807) is 14.7 Å². The zero-order valence-corrected chi connectivity index (χ0v) is 15.0. The predicted octanol–water partition coefficient (Wildman–Crippen LogP) is 0.818. The Labute approximate surface area is 143 Å². The van der Waals surface area contributed by atoms with Crippen molar-refractivity contribution in [1.82, 2.24) is 24.9 Å². The smallest absolute Gasteiger partial charge is 0.320 e. The lowest BCUT2D eigenvalue weighted by molar-refractivity contribution is 0.117. The molecule has 0 aromatic heterocycles. The van der Waals surface area contributed by atoms with Crippen LogP contribution in [-0.2, 0) is 0 Å². The molecule has 4 amide bonds. The minimum absolute atomic E-state index is 0.106. The molecule has 2 atom stereocenters. The molecular formula is C16H30FN5O2. The van der Waals surface area contributed by atoms with Crippen LogP contribution in [-0.4, -0.2) is 103 Å². The minimum Gasteiger partial charge on any atom is -0.336 e. The molecule has 1 N–H and O–H groups in total. The normalized spacial score (nSPS) is 25.0. The van der Waals surface area contributed by atoms with E-state index in [1.807, 2.05) is 20.9 Å². The number of nitrogens with one attached hydrogen (secondary N) is 1. The second-order valence-corrected chi connectivity index (χ2v) is 6.57. The van der Waals surface area contributed by atoms with Gasteiger partial charge in [-0.15, -0.1) is 0 Å². The van der Waals surface area contributed by atoms with E-state index in [4.69, 9.17) is 0 Å². The quantitative estimate of drug-likeness (QED) is 0.822. The monoisotopic (exact) mass is 343 g/mol. The molecule has 0 bridgehead atoms. The number of amides is 4. The van der Waals surface area contributed by atoms with Crippen LogP contribution in [0.3, 0.4) is 0 Å². The Morgan fingerprint density at radius 3 is 2.38 bits per heavy atom. The number of nitrogens with zero attached hydrogens (tertiary/aromatic N) is 4. The molecule has 0 radical (unpaired) electrons. The van der Waals surface area contributed by atoms with E-state index in [0.717, 1.165) is 13.1 Å². The SMILES string of the molecule is CCN(CC)C(=O)NC[C@@H]1C[C@H](F)CN1C(=O)N1CCN(C)CC1. The summed E-state index contributed by atoms with van der Waals surface area (Å²) in [7, 11) is 2.03. The second kappa shape index (κ2) is 8.50. The van der Waals surface area contributed by atoms with Gasteiger partial charge in [-0.1, -0.05) is 0 Å². The van der Waals surface area contributed by atoms with Gasteiger partial charge in [-0.05, 0) is 20.9 Å². The first-order valence-corrected chi connectivity index (χ1v) is 8.87. The first-order valence-electron chi connectivity index (χ1n) is 8.87. The number of hydrogen-bond acceptors (Lipinski definition) is 3. The number of alkyl halides is 1. The van der Waals surface area contributed by atoms with Crippen molar-refractivity contribution in [1.29, 1.82) is 0 Å². The molecular weight excluding hydrogens is 313 g/mol. The Bertz CT molecular complexity index is 438.